The number of aromatic amines is 1. The number of piperazine rings is 1. The van der Waals surface area contributed by atoms with Crippen molar-refractivity contribution in [2.75, 3.05) is 31.1 Å². The third kappa shape index (κ3) is 3.49. The zero-order valence-electron chi connectivity index (χ0n) is 15.5. The molecule has 4 rings (SSSR count). The maximum absolute atomic E-state index is 13.1. The minimum Gasteiger partial charge on any atom is -0.368 e. The molecule has 6 heteroatoms. The van der Waals surface area contributed by atoms with E-state index >= 15 is 0 Å². The summed E-state index contributed by atoms with van der Waals surface area (Å²) in [6, 6.07) is 19.0. The molecule has 1 aromatic heterocycles. The van der Waals surface area contributed by atoms with Gasteiger partial charge < -0.3 is 20.5 Å². The molecule has 1 aliphatic heterocycles. The summed E-state index contributed by atoms with van der Waals surface area (Å²) in [6.45, 7) is 2.66. The molecule has 3 aromatic rings. The van der Waals surface area contributed by atoms with Crippen molar-refractivity contribution in [1.29, 1.82) is 0 Å². The van der Waals surface area contributed by atoms with Crippen LogP contribution >= 0.6 is 0 Å². The highest BCUT2D eigenvalue weighted by Crippen LogP contribution is 2.24. The number of nitrogens with one attached hydrogen (secondary N) is 1. The number of rotatable bonds is 4. The number of primary amides is 1. The lowest BCUT2D eigenvalue weighted by Gasteiger charge is -2.36. The molecule has 0 atom stereocenters. The molecule has 3 N–H and O–H groups in total. The fourth-order valence-electron chi connectivity index (χ4n) is 3.59. The summed E-state index contributed by atoms with van der Waals surface area (Å²) in [6.07, 6.45) is 1.81. The summed E-state index contributed by atoms with van der Waals surface area (Å²) >= 11 is 0. The molecular weight excluding hydrogens is 352 g/mol. The number of H-pyrrole nitrogens is 1. The standard InChI is InChI=1S/C22H22N4O2/c23-21(27)17-7-4-8-18(15-17)25-11-13-26(14-12-25)22(28)19-9-10-24-20(19)16-5-2-1-3-6-16/h1-10,15,24H,11-14H2,(H2,23,27). The predicted octanol–water partition coefficient (Wildman–Crippen LogP) is 2.74. The van der Waals surface area contributed by atoms with Gasteiger partial charge in [0.05, 0.1) is 11.3 Å². The second-order valence-corrected chi connectivity index (χ2v) is 6.83. The van der Waals surface area contributed by atoms with E-state index in [9.17, 15) is 9.59 Å². The van der Waals surface area contributed by atoms with Gasteiger partial charge in [-0.15, -0.1) is 0 Å². The van der Waals surface area contributed by atoms with Crippen molar-refractivity contribution >= 4 is 17.5 Å². The molecule has 2 amide bonds. The number of nitrogens with two attached hydrogens (primary N) is 1. The summed E-state index contributed by atoms with van der Waals surface area (Å²) < 4.78 is 0. The van der Waals surface area contributed by atoms with Crippen molar-refractivity contribution in [3.63, 3.8) is 0 Å². The Balaban J connectivity index is 1.46. The van der Waals surface area contributed by atoms with Crippen LogP contribution in [-0.4, -0.2) is 47.9 Å². The average Bonchev–Trinajstić information content (AvgIpc) is 3.24. The number of anilines is 1. The molecule has 0 spiro atoms. The Hall–Kier alpha value is -3.54. The van der Waals surface area contributed by atoms with Crippen LogP contribution < -0.4 is 10.6 Å². The Bertz CT molecular complexity index is 989. The molecule has 0 radical (unpaired) electrons. The number of amides is 2. The van der Waals surface area contributed by atoms with Crippen LogP contribution in [0.2, 0.25) is 0 Å². The van der Waals surface area contributed by atoms with Gasteiger partial charge in [-0.3, -0.25) is 9.59 Å². The molecular formula is C22H22N4O2. The minimum absolute atomic E-state index is 0.0330. The zero-order chi connectivity index (χ0) is 19.5. The maximum Gasteiger partial charge on any atom is 0.256 e. The van der Waals surface area contributed by atoms with Crippen molar-refractivity contribution in [3.05, 3.63) is 78.0 Å². The van der Waals surface area contributed by atoms with E-state index in [1.807, 2.05) is 53.4 Å². The summed E-state index contributed by atoms with van der Waals surface area (Å²) in [5.41, 5.74) is 9.36. The number of carbonyl (C=O) groups excluding carboxylic acids is 2. The number of carbonyl (C=O) groups is 2. The minimum atomic E-state index is -0.434. The number of hydrogen-bond donors (Lipinski definition) is 2. The van der Waals surface area contributed by atoms with Crippen molar-refractivity contribution in [3.8, 4) is 11.3 Å². The van der Waals surface area contributed by atoms with Gasteiger partial charge in [-0.05, 0) is 29.8 Å². The van der Waals surface area contributed by atoms with Crippen LogP contribution in [0.25, 0.3) is 11.3 Å². The third-order valence-corrected chi connectivity index (χ3v) is 5.10. The van der Waals surface area contributed by atoms with E-state index in [1.54, 1.807) is 18.3 Å². The summed E-state index contributed by atoms with van der Waals surface area (Å²) in [5, 5.41) is 0. The van der Waals surface area contributed by atoms with E-state index in [1.165, 1.54) is 0 Å². The lowest BCUT2D eigenvalue weighted by molar-refractivity contribution is 0.0747. The number of benzene rings is 2. The summed E-state index contributed by atoms with van der Waals surface area (Å²) in [7, 11) is 0. The Morgan fingerprint density at radius 3 is 2.36 bits per heavy atom. The van der Waals surface area contributed by atoms with E-state index in [4.69, 9.17) is 5.73 Å². The first kappa shape index (κ1) is 17.9. The van der Waals surface area contributed by atoms with Crippen LogP contribution in [-0.2, 0) is 0 Å². The van der Waals surface area contributed by atoms with E-state index in [-0.39, 0.29) is 5.91 Å². The smallest absolute Gasteiger partial charge is 0.256 e. The summed E-state index contributed by atoms with van der Waals surface area (Å²) in [4.78, 5) is 31.7. The van der Waals surface area contributed by atoms with Crippen molar-refractivity contribution in [1.82, 2.24) is 9.88 Å². The van der Waals surface area contributed by atoms with E-state index in [2.05, 4.69) is 9.88 Å². The van der Waals surface area contributed by atoms with E-state index in [0.29, 0.717) is 37.3 Å². The highest BCUT2D eigenvalue weighted by Gasteiger charge is 2.25. The van der Waals surface area contributed by atoms with Crippen LogP contribution in [0.3, 0.4) is 0 Å². The second-order valence-electron chi connectivity index (χ2n) is 6.83. The fourth-order valence-corrected chi connectivity index (χ4v) is 3.59. The van der Waals surface area contributed by atoms with Gasteiger partial charge in [-0.2, -0.15) is 0 Å². The van der Waals surface area contributed by atoms with Gasteiger partial charge in [0.2, 0.25) is 5.91 Å². The van der Waals surface area contributed by atoms with E-state index in [0.717, 1.165) is 16.9 Å². The molecule has 1 fully saturated rings. The molecule has 2 aromatic carbocycles. The van der Waals surface area contributed by atoms with Gasteiger partial charge in [0, 0.05) is 43.6 Å². The van der Waals surface area contributed by atoms with Crippen LogP contribution in [0, 0.1) is 0 Å². The van der Waals surface area contributed by atoms with Gasteiger partial charge in [-0.25, -0.2) is 0 Å². The third-order valence-electron chi connectivity index (χ3n) is 5.10. The molecule has 28 heavy (non-hydrogen) atoms. The highest BCUT2D eigenvalue weighted by molar-refractivity contribution is 6.00. The molecule has 0 aliphatic carbocycles. The first-order valence-corrected chi connectivity index (χ1v) is 9.30. The van der Waals surface area contributed by atoms with Crippen LogP contribution in [0.4, 0.5) is 5.69 Å². The number of hydrogen-bond acceptors (Lipinski definition) is 3. The highest BCUT2D eigenvalue weighted by atomic mass is 16.2. The topological polar surface area (TPSA) is 82.4 Å². The van der Waals surface area contributed by atoms with Crippen molar-refractivity contribution in [2.45, 2.75) is 0 Å². The first-order valence-electron chi connectivity index (χ1n) is 9.30. The Morgan fingerprint density at radius 2 is 1.64 bits per heavy atom. The normalized spacial score (nSPS) is 14.1. The first-order chi connectivity index (χ1) is 13.6. The van der Waals surface area contributed by atoms with Gasteiger partial charge in [-0.1, -0.05) is 36.4 Å². The molecule has 0 unspecified atom stereocenters. The van der Waals surface area contributed by atoms with Gasteiger partial charge in [0.15, 0.2) is 0 Å². The zero-order valence-corrected chi connectivity index (χ0v) is 15.5. The molecule has 142 valence electrons. The van der Waals surface area contributed by atoms with Crippen molar-refractivity contribution in [2.24, 2.45) is 5.73 Å². The molecule has 0 saturated carbocycles. The predicted molar refractivity (Wildman–Crippen MR) is 109 cm³/mol. The summed E-state index contributed by atoms with van der Waals surface area (Å²) in [5.74, 6) is -0.401. The van der Waals surface area contributed by atoms with Crippen molar-refractivity contribution < 1.29 is 9.59 Å². The SMILES string of the molecule is NC(=O)c1cccc(N2CCN(C(=O)c3cc[nH]c3-c3ccccc3)CC2)c1. The lowest BCUT2D eigenvalue weighted by Crippen LogP contribution is -2.48. The van der Waals surface area contributed by atoms with E-state index < -0.39 is 5.91 Å². The van der Waals surface area contributed by atoms with Crippen LogP contribution in [0.1, 0.15) is 20.7 Å². The average molecular weight is 374 g/mol. The van der Waals surface area contributed by atoms with Gasteiger partial charge in [0.25, 0.3) is 5.91 Å². The number of aromatic nitrogens is 1. The molecule has 0 bridgehead atoms. The largest absolute Gasteiger partial charge is 0.368 e. The fraction of sp³-hybridized carbons (Fsp3) is 0.182. The Morgan fingerprint density at radius 1 is 0.893 bits per heavy atom. The van der Waals surface area contributed by atoms with Crippen LogP contribution in [0.5, 0.6) is 0 Å². The second kappa shape index (κ2) is 7.60. The monoisotopic (exact) mass is 374 g/mol. The maximum atomic E-state index is 13.1. The lowest BCUT2D eigenvalue weighted by atomic mass is 10.1. The Kier molecular flexibility index (Phi) is 4.85. The molecule has 1 saturated heterocycles. The van der Waals surface area contributed by atoms with Gasteiger partial charge in [0.1, 0.15) is 0 Å². The Labute approximate surface area is 163 Å². The number of nitrogens with zero attached hydrogens (tertiary/aromatic N) is 2. The molecule has 6 nitrogen and oxygen atoms in total. The van der Waals surface area contributed by atoms with Gasteiger partial charge >= 0.3 is 0 Å². The molecule has 2 heterocycles. The molecule has 1 aliphatic rings. The van der Waals surface area contributed by atoms with Crippen LogP contribution in [0.15, 0.2) is 66.9 Å². The quantitative estimate of drug-likeness (QED) is 0.737.